The molecule has 0 aliphatic carbocycles. The van der Waals surface area contributed by atoms with Crippen LogP contribution >= 0.6 is 0 Å². The second kappa shape index (κ2) is 6.06. The normalized spacial score (nSPS) is 9.90. The molecule has 0 saturated carbocycles. The molecule has 0 atom stereocenters. The Morgan fingerprint density at radius 2 is 1.60 bits per heavy atom. The first-order chi connectivity index (χ1) is 9.58. The Labute approximate surface area is 119 Å². The molecule has 0 heterocycles. The lowest BCUT2D eigenvalue weighted by Crippen LogP contribution is -2.19. The molecule has 2 amide bonds. The molecule has 0 unspecified atom stereocenters. The summed E-state index contributed by atoms with van der Waals surface area (Å²) in [6.07, 6.45) is 1.80. The van der Waals surface area contributed by atoms with E-state index >= 15 is 0 Å². The maximum Gasteiger partial charge on any atom is 0.323 e. The summed E-state index contributed by atoms with van der Waals surface area (Å²) < 4.78 is 0. The monoisotopic (exact) mass is 266 g/mol. The molecule has 0 aliphatic heterocycles. The molecule has 0 fully saturated rings. The zero-order valence-electron chi connectivity index (χ0n) is 11.7. The molecule has 2 N–H and O–H groups in total. The second-order valence-electron chi connectivity index (χ2n) is 4.72. The number of urea groups is 1. The van der Waals surface area contributed by atoms with Gasteiger partial charge in [-0.1, -0.05) is 36.4 Å². The summed E-state index contributed by atoms with van der Waals surface area (Å²) in [7, 11) is 0. The van der Waals surface area contributed by atoms with Crippen LogP contribution in [0.4, 0.5) is 16.2 Å². The third-order valence-electron chi connectivity index (χ3n) is 3.06. The molecule has 2 rings (SSSR count). The minimum atomic E-state index is -0.250. The third kappa shape index (κ3) is 3.48. The van der Waals surface area contributed by atoms with Gasteiger partial charge in [-0.25, -0.2) is 4.79 Å². The Morgan fingerprint density at radius 1 is 1.00 bits per heavy atom. The van der Waals surface area contributed by atoms with Crippen molar-refractivity contribution in [2.24, 2.45) is 0 Å². The van der Waals surface area contributed by atoms with Crippen molar-refractivity contribution < 1.29 is 4.79 Å². The van der Waals surface area contributed by atoms with Crippen molar-refractivity contribution in [2.75, 3.05) is 10.6 Å². The first-order valence-electron chi connectivity index (χ1n) is 6.46. The highest BCUT2D eigenvalue weighted by atomic mass is 16.2. The predicted octanol–water partition coefficient (Wildman–Crippen LogP) is 4.59. The van der Waals surface area contributed by atoms with E-state index in [0.29, 0.717) is 0 Å². The molecule has 20 heavy (non-hydrogen) atoms. The number of benzene rings is 2. The minimum absolute atomic E-state index is 0.250. The number of aryl methyl sites for hydroxylation is 2. The lowest BCUT2D eigenvalue weighted by atomic mass is 10.1. The molecular formula is C17H18N2O. The second-order valence-corrected chi connectivity index (χ2v) is 4.72. The smallest absolute Gasteiger partial charge is 0.308 e. The van der Waals surface area contributed by atoms with Crippen LogP contribution in [0.25, 0.3) is 6.08 Å². The largest absolute Gasteiger partial charge is 0.323 e. The zero-order valence-corrected chi connectivity index (χ0v) is 11.7. The highest BCUT2D eigenvalue weighted by Crippen LogP contribution is 2.16. The van der Waals surface area contributed by atoms with Crippen LogP contribution in [0.1, 0.15) is 16.7 Å². The number of amides is 2. The summed E-state index contributed by atoms with van der Waals surface area (Å²) in [5.41, 5.74) is 4.83. The molecular weight excluding hydrogens is 248 g/mol. The van der Waals surface area contributed by atoms with Crippen molar-refractivity contribution in [3.05, 3.63) is 65.7 Å². The Bertz CT molecular complexity index is 630. The van der Waals surface area contributed by atoms with Crippen LogP contribution in [0.3, 0.4) is 0 Å². The summed E-state index contributed by atoms with van der Waals surface area (Å²) in [5.74, 6) is 0. The van der Waals surface area contributed by atoms with Gasteiger partial charge in [0.05, 0.1) is 0 Å². The van der Waals surface area contributed by atoms with Crippen LogP contribution in [0, 0.1) is 13.8 Å². The summed E-state index contributed by atoms with van der Waals surface area (Å²) in [4.78, 5) is 11.9. The van der Waals surface area contributed by atoms with Crippen LogP contribution in [0.15, 0.2) is 49.0 Å². The third-order valence-corrected chi connectivity index (χ3v) is 3.06. The van der Waals surface area contributed by atoms with Gasteiger partial charge < -0.3 is 10.6 Å². The molecule has 0 aromatic heterocycles. The van der Waals surface area contributed by atoms with Gasteiger partial charge in [0.2, 0.25) is 0 Å². The lowest BCUT2D eigenvalue weighted by molar-refractivity contribution is 0.262. The van der Waals surface area contributed by atoms with Crippen LogP contribution in [-0.4, -0.2) is 6.03 Å². The molecule has 0 spiro atoms. The van der Waals surface area contributed by atoms with E-state index < -0.39 is 0 Å². The van der Waals surface area contributed by atoms with E-state index in [9.17, 15) is 4.79 Å². The van der Waals surface area contributed by atoms with E-state index in [1.165, 1.54) is 0 Å². The number of carbonyl (C=O) groups is 1. The predicted molar refractivity (Wildman–Crippen MR) is 85.1 cm³/mol. The lowest BCUT2D eigenvalue weighted by Gasteiger charge is -2.09. The van der Waals surface area contributed by atoms with E-state index in [4.69, 9.17) is 0 Å². The highest BCUT2D eigenvalue weighted by molar-refractivity contribution is 5.99. The fraction of sp³-hybridized carbons (Fsp3) is 0.118. The standard InChI is InChI=1S/C17H18N2O/c1-4-14-7-10-16(11-13(14)3)19-17(20)18-15-8-5-12(2)6-9-15/h4-11H,1H2,2-3H3,(H2,18,19,20). The molecule has 102 valence electrons. The highest BCUT2D eigenvalue weighted by Gasteiger charge is 2.03. The fourth-order valence-electron chi connectivity index (χ4n) is 1.91. The SMILES string of the molecule is C=Cc1ccc(NC(=O)Nc2ccc(C)cc2)cc1C. The molecule has 0 bridgehead atoms. The van der Waals surface area contributed by atoms with Gasteiger partial charge in [0.1, 0.15) is 0 Å². The number of anilines is 2. The Balaban J connectivity index is 2.02. The van der Waals surface area contributed by atoms with Crippen molar-refractivity contribution in [3.8, 4) is 0 Å². The average molecular weight is 266 g/mol. The fourth-order valence-corrected chi connectivity index (χ4v) is 1.91. The van der Waals surface area contributed by atoms with E-state index in [1.807, 2.05) is 56.3 Å². The topological polar surface area (TPSA) is 41.1 Å². The van der Waals surface area contributed by atoms with Crippen molar-refractivity contribution in [3.63, 3.8) is 0 Å². The average Bonchev–Trinajstić information content (AvgIpc) is 2.41. The van der Waals surface area contributed by atoms with Crippen LogP contribution in [0.5, 0.6) is 0 Å². The minimum Gasteiger partial charge on any atom is -0.308 e. The Hall–Kier alpha value is -2.55. The van der Waals surface area contributed by atoms with E-state index in [0.717, 1.165) is 28.1 Å². The van der Waals surface area contributed by atoms with Gasteiger partial charge in [-0.05, 0) is 49.2 Å². The maximum atomic E-state index is 11.9. The van der Waals surface area contributed by atoms with Crippen LogP contribution < -0.4 is 10.6 Å². The van der Waals surface area contributed by atoms with Gasteiger partial charge in [0, 0.05) is 11.4 Å². The summed E-state index contributed by atoms with van der Waals surface area (Å²) >= 11 is 0. The van der Waals surface area contributed by atoms with E-state index in [-0.39, 0.29) is 6.03 Å². The molecule has 2 aromatic rings. The molecule has 0 aliphatic rings. The molecule has 2 aromatic carbocycles. The first-order valence-corrected chi connectivity index (χ1v) is 6.46. The Morgan fingerprint density at radius 3 is 2.20 bits per heavy atom. The van der Waals surface area contributed by atoms with Crippen LogP contribution in [-0.2, 0) is 0 Å². The summed E-state index contributed by atoms with van der Waals surface area (Å²) in [5, 5.41) is 5.61. The number of carbonyl (C=O) groups excluding carboxylic acids is 1. The molecule has 0 saturated heterocycles. The number of nitrogens with one attached hydrogen (secondary N) is 2. The molecule has 3 heteroatoms. The van der Waals surface area contributed by atoms with E-state index in [1.54, 1.807) is 6.08 Å². The van der Waals surface area contributed by atoms with Gasteiger partial charge in [-0.2, -0.15) is 0 Å². The summed E-state index contributed by atoms with van der Waals surface area (Å²) in [6.45, 7) is 7.74. The van der Waals surface area contributed by atoms with Crippen LogP contribution in [0.2, 0.25) is 0 Å². The molecule has 3 nitrogen and oxygen atoms in total. The van der Waals surface area contributed by atoms with Gasteiger partial charge in [0.15, 0.2) is 0 Å². The van der Waals surface area contributed by atoms with Gasteiger partial charge >= 0.3 is 6.03 Å². The zero-order chi connectivity index (χ0) is 14.5. The van der Waals surface area contributed by atoms with Crippen molar-refractivity contribution in [2.45, 2.75) is 13.8 Å². The van der Waals surface area contributed by atoms with E-state index in [2.05, 4.69) is 17.2 Å². The van der Waals surface area contributed by atoms with Crippen molar-refractivity contribution in [1.29, 1.82) is 0 Å². The van der Waals surface area contributed by atoms with Gasteiger partial charge in [0.25, 0.3) is 0 Å². The quantitative estimate of drug-likeness (QED) is 0.838. The van der Waals surface area contributed by atoms with Gasteiger partial charge in [-0.3, -0.25) is 0 Å². The van der Waals surface area contributed by atoms with Crippen molar-refractivity contribution in [1.82, 2.24) is 0 Å². The molecule has 0 radical (unpaired) electrons. The number of rotatable bonds is 3. The number of hydrogen-bond donors (Lipinski definition) is 2. The number of hydrogen-bond acceptors (Lipinski definition) is 1. The van der Waals surface area contributed by atoms with Crippen molar-refractivity contribution >= 4 is 23.5 Å². The maximum absolute atomic E-state index is 11.9. The summed E-state index contributed by atoms with van der Waals surface area (Å²) in [6, 6.07) is 13.1. The van der Waals surface area contributed by atoms with Gasteiger partial charge in [-0.15, -0.1) is 0 Å². The first kappa shape index (κ1) is 13.9. The Kier molecular flexibility index (Phi) is 4.20.